The molecule has 0 spiro atoms. The first-order valence-corrected chi connectivity index (χ1v) is 20.5. The highest BCUT2D eigenvalue weighted by molar-refractivity contribution is 6.03. The molecule has 2 nitrogen and oxygen atoms in total. The zero-order valence-corrected chi connectivity index (χ0v) is 33.2. The van der Waals surface area contributed by atoms with E-state index >= 15 is 0 Å². The zero-order chi connectivity index (χ0) is 39.5. The Hall–Kier alpha value is -7.42. The van der Waals surface area contributed by atoms with Gasteiger partial charge in [0.15, 0.2) is 0 Å². The molecule has 280 valence electrons. The number of hydrogen-bond acceptors (Lipinski definition) is 2. The summed E-state index contributed by atoms with van der Waals surface area (Å²) in [6.07, 6.45) is 0. The van der Waals surface area contributed by atoms with Crippen LogP contribution in [0.3, 0.4) is 0 Å². The number of rotatable bonds is 6. The van der Waals surface area contributed by atoms with Crippen molar-refractivity contribution in [1.82, 2.24) is 0 Å². The van der Waals surface area contributed by atoms with Gasteiger partial charge in [-0.25, -0.2) is 0 Å². The lowest BCUT2D eigenvalue weighted by atomic mass is 9.82. The molecule has 0 atom stereocenters. The van der Waals surface area contributed by atoms with E-state index in [1.807, 2.05) is 0 Å². The quantitative estimate of drug-likeness (QED) is 0.167. The van der Waals surface area contributed by atoms with E-state index in [2.05, 4.69) is 242 Å². The molecule has 0 bridgehead atoms. The van der Waals surface area contributed by atoms with Crippen molar-refractivity contribution in [1.29, 1.82) is 0 Å². The van der Waals surface area contributed by atoms with E-state index in [1.54, 1.807) is 0 Å². The molecule has 9 aromatic rings. The number of hydrogen-bond donors (Lipinski definition) is 0. The maximum atomic E-state index is 2.41. The summed E-state index contributed by atoms with van der Waals surface area (Å²) in [7, 11) is 0. The standard InChI is InChI=1S/C57H42N2/c1-57(2)53-23-13-11-21-49(53)51-38-46(34-35-54(51)57)58(44-30-25-40(26-31-44)39-15-5-3-6-16-39)45-32-27-41(28-33-45)42-29-36-56-52(37-42)48-20-10-9-19-47(48)50-22-12-14-24-55(50)59(56)43-17-7-4-8-18-43/h3-38H,1-2H3. The molecule has 1 aliphatic carbocycles. The molecule has 0 radical (unpaired) electrons. The van der Waals surface area contributed by atoms with E-state index in [9.17, 15) is 0 Å². The zero-order valence-electron chi connectivity index (χ0n) is 33.2. The molecule has 0 aromatic heterocycles. The fraction of sp³-hybridized carbons (Fsp3) is 0.0526. The molecule has 59 heavy (non-hydrogen) atoms. The predicted octanol–water partition coefficient (Wildman–Crippen LogP) is 15.9. The molecule has 9 aromatic carbocycles. The monoisotopic (exact) mass is 754 g/mol. The van der Waals surface area contributed by atoms with Crippen LogP contribution in [0.1, 0.15) is 25.0 Å². The largest absolute Gasteiger partial charge is 0.310 e. The smallest absolute Gasteiger partial charge is 0.0540 e. The Balaban J connectivity index is 1.02. The number of anilines is 6. The first-order valence-electron chi connectivity index (χ1n) is 20.5. The van der Waals surface area contributed by atoms with Crippen molar-refractivity contribution < 1.29 is 0 Å². The third-order valence-corrected chi connectivity index (χ3v) is 12.4. The highest BCUT2D eigenvalue weighted by Gasteiger charge is 2.35. The first-order chi connectivity index (χ1) is 29.0. The molecule has 0 saturated carbocycles. The van der Waals surface area contributed by atoms with Gasteiger partial charge >= 0.3 is 0 Å². The SMILES string of the molecule is CC1(C)c2ccccc2-c2cc(N(c3ccc(-c4ccccc4)cc3)c3ccc(-c4ccc5c(c4)-c4ccccc4-c4ccccc4N5c4ccccc4)cc3)ccc21. The van der Waals surface area contributed by atoms with Gasteiger partial charge in [-0.05, 0) is 122 Å². The number of fused-ring (bicyclic) bond motifs is 8. The number of para-hydroxylation sites is 2. The summed E-state index contributed by atoms with van der Waals surface area (Å²) in [5, 5.41) is 0. The maximum absolute atomic E-state index is 2.41. The maximum Gasteiger partial charge on any atom is 0.0540 e. The van der Waals surface area contributed by atoms with Gasteiger partial charge in [0.1, 0.15) is 0 Å². The molecular weight excluding hydrogens is 713 g/mol. The summed E-state index contributed by atoms with van der Waals surface area (Å²) in [6, 6.07) is 79.9. The van der Waals surface area contributed by atoms with Gasteiger partial charge in [-0.2, -0.15) is 0 Å². The van der Waals surface area contributed by atoms with Crippen molar-refractivity contribution in [3.05, 3.63) is 230 Å². The summed E-state index contributed by atoms with van der Waals surface area (Å²) in [6.45, 7) is 4.68. The molecular formula is C57H42N2. The predicted molar refractivity (Wildman–Crippen MR) is 249 cm³/mol. The summed E-state index contributed by atoms with van der Waals surface area (Å²) >= 11 is 0. The first kappa shape index (κ1) is 34.8. The fourth-order valence-electron chi connectivity index (χ4n) is 9.49. The van der Waals surface area contributed by atoms with Crippen molar-refractivity contribution in [2.75, 3.05) is 9.80 Å². The molecule has 0 amide bonds. The van der Waals surface area contributed by atoms with Crippen molar-refractivity contribution >= 4 is 34.1 Å². The average Bonchev–Trinajstić information content (AvgIpc) is 3.45. The molecule has 2 aliphatic rings. The molecule has 2 heteroatoms. The Morgan fingerprint density at radius 1 is 0.322 bits per heavy atom. The molecule has 1 heterocycles. The summed E-state index contributed by atoms with van der Waals surface area (Å²) < 4.78 is 0. The Labute approximate surface area is 346 Å². The van der Waals surface area contributed by atoms with Crippen LogP contribution in [0.5, 0.6) is 0 Å². The van der Waals surface area contributed by atoms with Gasteiger partial charge in [0.25, 0.3) is 0 Å². The molecule has 0 N–H and O–H groups in total. The molecule has 0 unspecified atom stereocenters. The highest BCUT2D eigenvalue weighted by Crippen LogP contribution is 2.53. The van der Waals surface area contributed by atoms with Crippen LogP contribution in [0.4, 0.5) is 34.1 Å². The van der Waals surface area contributed by atoms with Crippen LogP contribution in [-0.2, 0) is 5.41 Å². The van der Waals surface area contributed by atoms with Crippen molar-refractivity contribution in [2.45, 2.75) is 19.3 Å². The lowest BCUT2D eigenvalue weighted by Crippen LogP contribution is -2.15. The van der Waals surface area contributed by atoms with E-state index in [1.165, 1.54) is 78.1 Å². The van der Waals surface area contributed by atoms with Gasteiger partial charge in [0.05, 0.1) is 11.4 Å². The minimum atomic E-state index is -0.0520. The van der Waals surface area contributed by atoms with E-state index in [-0.39, 0.29) is 5.41 Å². The summed E-state index contributed by atoms with van der Waals surface area (Å²) in [5.74, 6) is 0. The fourth-order valence-corrected chi connectivity index (χ4v) is 9.49. The molecule has 11 rings (SSSR count). The van der Waals surface area contributed by atoms with Gasteiger partial charge in [-0.3, -0.25) is 0 Å². The van der Waals surface area contributed by atoms with Gasteiger partial charge in [0, 0.05) is 39.3 Å². The second kappa shape index (κ2) is 13.9. The van der Waals surface area contributed by atoms with Crippen LogP contribution >= 0.6 is 0 Å². The van der Waals surface area contributed by atoms with Crippen LogP contribution < -0.4 is 9.80 Å². The third kappa shape index (κ3) is 5.79. The van der Waals surface area contributed by atoms with Gasteiger partial charge < -0.3 is 9.80 Å². The van der Waals surface area contributed by atoms with E-state index in [0.29, 0.717) is 0 Å². The normalized spacial score (nSPS) is 13.0. The Kier molecular flexibility index (Phi) is 8.20. The molecule has 0 saturated heterocycles. The number of benzene rings is 9. The minimum Gasteiger partial charge on any atom is -0.310 e. The van der Waals surface area contributed by atoms with Gasteiger partial charge in [-0.1, -0.05) is 166 Å². The second-order valence-corrected chi connectivity index (χ2v) is 16.2. The Morgan fingerprint density at radius 2 is 0.797 bits per heavy atom. The average molecular weight is 755 g/mol. The Bertz CT molecular complexity index is 3000. The third-order valence-electron chi connectivity index (χ3n) is 12.4. The number of nitrogens with zero attached hydrogens (tertiary/aromatic N) is 2. The van der Waals surface area contributed by atoms with E-state index in [4.69, 9.17) is 0 Å². The van der Waals surface area contributed by atoms with Crippen molar-refractivity contribution in [3.8, 4) is 55.6 Å². The highest BCUT2D eigenvalue weighted by atomic mass is 15.2. The van der Waals surface area contributed by atoms with E-state index in [0.717, 1.165) is 22.7 Å². The van der Waals surface area contributed by atoms with Crippen LogP contribution in [0.2, 0.25) is 0 Å². The van der Waals surface area contributed by atoms with Crippen LogP contribution in [0, 0.1) is 0 Å². The second-order valence-electron chi connectivity index (χ2n) is 16.2. The van der Waals surface area contributed by atoms with Crippen LogP contribution in [0.15, 0.2) is 218 Å². The summed E-state index contributed by atoms with van der Waals surface area (Å²) in [4.78, 5) is 4.81. The molecule has 1 aliphatic heterocycles. The van der Waals surface area contributed by atoms with Crippen LogP contribution in [-0.4, -0.2) is 0 Å². The molecule has 0 fully saturated rings. The lowest BCUT2D eigenvalue weighted by molar-refractivity contribution is 0.660. The summed E-state index contributed by atoms with van der Waals surface area (Å²) in [5.41, 5.74) is 21.9. The van der Waals surface area contributed by atoms with Crippen molar-refractivity contribution in [2.24, 2.45) is 0 Å². The lowest BCUT2D eigenvalue weighted by Gasteiger charge is -2.28. The van der Waals surface area contributed by atoms with Gasteiger partial charge in [0.2, 0.25) is 0 Å². The minimum absolute atomic E-state index is 0.0520. The Morgan fingerprint density at radius 3 is 1.49 bits per heavy atom. The van der Waals surface area contributed by atoms with Crippen LogP contribution in [0.25, 0.3) is 55.6 Å². The van der Waals surface area contributed by atoms with E-state index < -0.39 is 0 Å². The van der Waals surface area contributed by atoms with Crippen molar-refractivity contribution in [3.63, 3.8) is 0 Å². The topological polar surface area (TPSA) is 6.48 Å². The van der Waals surface area contributed by atoms with Gasteiger partial charge in [-0.15, -0.1) is 0 Å².